The van der Waals surface area contributed by atoms with E-state index < -0.39 is 5.82 Å². The van der Waals surface area contributed by atoms with Crippen molar-refractivity contribution in [2.24, 2.45) is 0 Å². The maximum absolute atomic E-state index is 14.2. The van der Waals surface area contributed by atoms with Crippen LogP contribution in [0.3, 0.4) is 0 Å². The highest BCUT2D eigenvalue weighted by atomic mass is 32.1. The molecule has 2 rings (SSSR count). The summed E-state index contributed by atoms with van der Waals surface area (Å²) in [6, 6.07) is 11.1. The molecule has 0 aliphatic carbocycles. The number of hydrogen-bond acceptors (Lipinski definition) is 3. The molecule has 0 heterocycles. The van der Waals surface area contributed by atoms with Crippen LogP contribution in [0.2, 0.25) is 0 Å². The summed E-state index contributed by atoms with van der Waals surface area (Å²) in [7, 11) is 1.48. The highest BCUT2D eigenvalue weighted by molar-refractivity contribution is 7.80. The van der Waals surface area contributed by atoms with Gasteiger partial charge in [-0.05, 0) is 42.7 Å². The fraction of sp³-hybridized carbons (Fsp3) is 0.409. The Balaban J connectivity index is 2.06. The summed E-state index contributed by atoms with van der Waals surface area (Å²) < 4.78 is 38.8. The fourth-order valence-electron chi connectivity index (χ4n) is 2.92. The Labute approximate surface area is 171 Å². The molecule has 0 spiro atoms. The number of thiocarbonyl (C=S) groups is 1. The van der Waals surface area contributed by atoms with Crippen LogP contribution in [0.5, 0.6) is 5.75 Å². The molecule has 2 aromatic carbocycles. The summed E-state index contributed by atoms with van der Waals surface area (Å²) in [4.78, 5) is 0.267. The number of ether oxygens (including phenoxy) is 2. The minimum Gasteiger partial charge on any atom is -0.496 e. The van der Waals surface area contributed by atoms with Gasteiger partial charge in [0.25, 0.3) is 0 Å². The molecule has 0 fully saturated rings. The Morgan fingerprint density at radius 2 is 1.93 bits per heavy atom. The van der Waals surface area contributed by atoms with Crippen LogP contribution in [0.25, 0.3) is 0 Å². The summed E-state index contributed by atoms with van der Waals surface area (Å²) in [5, 5.41) is 3.12. The second-order valence-corrected chi connectivity index (χ2v) is 6.94. The van der Waals surface area contributed by atoms with E-state index in [0.717, 1.165) is 18.4 Å². The molecule has 0 saturated heterocycles. The molecule has 152 valence electrons. The number of halogens is 2. The van der Waals surface area contributed by atoms with E-state index in [1.165, 1.54) is 25.3 Å². The molecule has 2 aromatic rings. The molecule has 0 aliphatic heterocycles. The van der Waals surface area contributed by atoms with Gasteiger partial charge in [0, 0.05) is 25.7 Å². The van der Waals surface area contributed by atoms with E-state index in [2.05, 4.69) is 12.2 Å². The lowest BCUT2D eigenvalue weighted by Gasteiger charge is -2.20. The average Bonchev–Trinajstić information content (AvgIpc) is 2.69. The van der Waals surface area contributed by atoms with Gasteiger partial charge in [0.05, 0.1) is 12.7 Å². The predicted molar refractivity (Wildman–Crippen MR) is 112 cm³/mol. The van der Waals surface area contributed by atoms with Crippen LogP contribution >= 0.6 is 12.2 Å². The maximum atomic E-state index is 14.2. The third kappa shape index (κ3) is 6.53. The molecule has 1 N–H and O–H groups in total. The highest BCUT2D eigenvalue weighted by Gasteiger charge is 2.17. The van der Waals surface area contributed by atoms with Crippen molar-refractivity contribution < 1.29 is 18.3 Å². The lowest BCUT2D eigenvalue weighted by molar-refractivity contribution is 0.124. The molecule has 3 nitrogen and oxygen atoms in total. The zero-order valence-corrected chi connectivity index (χ0v) is 17.2. The zero-order valence-electron chi connectivity index (χ0n) is 16.3. The first kappa shape index (κ1) is 22.2. The number of hydrogen-bond donors (Lipinski definition) is 1. The van der Waals surface area contributed by atoms with Gasteiger partial charge in [-0.2, -0.15) is 0 Å². The molecule has 0 aliphatic rings. The summed E-state index contributed by atoms with van der Waals surface area (Å²) >= 11 is 5.39. The van der Waals surface area contributed by atoms with Crippen LogP contribution in [-0.2, 0) is 4.74 Å². The van der Waals surface area contributed by atoms with Gasteiger partial charge in [0.15, 0.2) is 0 Å². The van der Waals surface area contributed by atoms with Crippen molar-refractivity contribution in [1.29, 1.82) is 0 Å². The zero-order chi connectivity index (χ0) is 20.4. The standard InChI is InChI=1S/C22H27F2NO2S/c1-3-4-12-27-13-11-17(16-7-5-8-18(23)14-16)15-25-22(28)21-19(24)9-6-10-20(21)26-2/h5-10,14,17H,3-4,11-13,15H2,1-2H3,(H,25,28). The van der Waals surface area contributed by atoms with Crippen LogP contribution < -0.4 is 10.1 Å². The molecule has 6 heteroatoms. The Hall–Kier alpha value is -2.05. The predicted octanol–water partition coefficient (Wildman–Crippen LogP) is 5.23. The SMILES string of the molecule is CCCCOCCC(CNC(=S)c1c(F)cccc1OC)c1cccc(F)c1. The fourth-order valence-corrected chi connectivity index (χ4v) is 3.20. The van der Waals surface area contributed by atoms with E-state index in [4.69, 9.17) is 21.7 Å². The number of benzene rings is 2. The number of rotatable bonds is 11. The lowest BCUT2D eigenvalue weighted by Crippen LogP contribution is -2.29. The van der Waals surface area contributed by atoms with E-state index in [9.17, 15) is 8.78 Å². The van der Waals surface area contributed by atoms with Crippen molar-refractivity contribution in [1.82, 2.24) is 5.32 Å². The van der Waals surface area contributed by atoms with Crippen molar-refractivity contribution >= 4 is 17.2 Å². The Kier molecular flexibility index (Phi) is 9.31. The van der Waals surface area contributed by atoms with Gasteiger partial charge in [-0.25, -0.2) is 8.78 Å². The molecule has 0 bridgehead atoms. The second kappa shape index (κ2) is 11.7. The molecular weight excluding hydrogens is 380 g/mol. The van der Waals surface area contributed by atoms with Crippen molar-refractivity contribution in [3.63, 3.8) is 0 Å². The molecular formula is C22H27F2NO2S. The van der Waals surface area contributed by atoms with E-state index >= 15 is 0 Å². The van der Waals surface area contributed by atoms with Crippen molar-refractivity contribution in [3.05, 3.63) is 65.2 Å². The summed E-state index contributed by atoms with van der Waals surface area (Å²) in [6.45, 7) is 3.83. The molecule has 0 aromatic heterocycles. The Bertz CT molecular complexity index is 770. The first-order valence-corrected chi connectivity index (χ1v) is 9.91. The monoisotopic (exact) mass is 407 g/mol. The van der Waals surface area contributed by atoms with E-state index in [0.29, 0.717) is 31.9 Å². The van der Waals surface area contributed by atoms with Gasteiger partial charge in [-0.15, -0.1) is 0 Å². The topological polar surface area (TPSA) is 30.5 Å². The quantitative estimate of drug-likeness (QED) is 0.408. The minimum atomic E-state index is -0.443. The van der Waals surface area contributed by atoms with Crippen molar-refractivity contribution in [2.45, 2.75) is 32.1 Å². The van der Waals surface area contributed by atoms with E-state index in [1.54, 1.807) is 18.2 Å². The smallest absolute Gasteiger partial charge is 0.137 e. The van der Waals surface area contributed by atoms with Crippen LogP contribution in [0.1, 0.15) is 43.2 Å². The Morgan fingerprint density at radius 3 is 2.64 bits per heavy atom. The van der Waals surface area contributed by atoms with E-state index in [1.807, 2.05) is 6.07 Å². The molecule has 1 atom stereocenters. The summed E-state index contributed by atoms with van der Waals surface area (Å²) in [5.41, 5.74) is 1.09. The molecule has 28 heavy (non-hydrogen) atoms. The number of unbranched alkanes of at least 4 members (excludes halogenated alkanes) is 1. The highest BCUT2D eigenvalue weighted by Crippen LogP contribution is 2.23. The number of methoxy groups -OCH3 is 1. The van der Waals surface area contributed by atoms with Gasteiger partial charge in [-0.3, -0.25) is 0 Å². The van der Waals surface area contributed by atoms with Gasteiger partial charge >= 0.3 is 0 Å². The second-order valence-electron chi connectivity index (χ2n) is 6.53. The maximum Gasteiger partial charge on any atom is 0.137 e. The van der Waals surface area contributed by atoms with Crippen LogP contribution in [0.4, 0.5) is 8.78 Å². The third-order valence-electron chi connectivity index (χ3n) is 4.50. The lowest BCUT2D eigenvalue weighted by atomic mass is 9.95. The third-order valence-corrected chi connectivity index (χ3v) is 4.85. The summed E-state index contributed by atoms with van der Waals surface area (Å²) in [6.07, 6.45) is 2.80. The Morgan fingerprint density at radius 1 is 1.14 bits per heavy atom. The first-order chi connectivity index (χ1) is 13.6. The van der Waals surface area contributed by atoms with Crippen molar-refractivity contribution in [3.8, 4) is 5.75 Å². The van der Waals surface area contributed by atoms with Gasteiger partial charge in [0.1, 0.15) is 22.4 Å². The van der Waals surface area contributed by atoms with Gasteiger partial charge in [-0.1, -0.05) is 43.8 Å². The van der Waals surface area contributed by atoms with Crippen LogP contribution in [-0.4, -0.2) is 31.9 Å². The number of nitrogens with one attached hydrogen (secondary N) is 1. The average molecular weight is 408 g/mol. The van der Waals surface area contributed by atoms with Crippen LogP contribution in [0.15, 0.2) is 42.5 Å². The van der Waals surface area contributed by atoms with Crippen molar-refractivity contribution in [2.75, 3.05) is 26.9 Å². The molecule has 1 unspecified atom stereocenters. The van der Waals surface area contributed by atoms with Gasteiger partial charge in [0.2, 0.25) is 0 Å². The molecule has 0 radical (unpaired) electrons. The molecule has 0 saturated carbocycles. The van der Waals surface area contributed by atoms with Crippen LogP contribution in [0, 0.1) is 11.6 Å². The largest absolute Gasteiger partial charge is 0.496 e. The molecule has 0 amide bonds. The van der Waals surface area contributed by atoms with Gasteiger partial charge < -0.3 is 14.8 Å². The normalized spacial score (nSPS) is 11.9. The summed E-state index contributed by atoms with van der Waals surface area (Å²) in [5.74, 6) is -0.370. The van der Waals surface area contributed by atoms with E-state index in [-0.39, 0.29) is 22.3 Å². The minimum absolute atomic E-state index is 0.0203. The first-order valence-electron chi connectivity index (χ1n) is 9.50.